The number of nitrogens with zero attached hydrogens (tertiary/aromatic N) is 2. The summed E-state index contributed by atoms with van der Waals surface area (Å²) in [6.45, 7) is 0. The third-order valence-corrected chi connectivity index (χ3v) is 12.8. The smallest absolute Gasteiger partial charge is 0.0541 e. The van der Waals surface area contributed by atoms with Crippen molar-refractivity contribution >= 4 is 60.4 Å². The van der Waals surface area contributed by atoms with E-state index in [2.05, 4.69) is 264 Å². The predicted octanol–water partition coefficient (Wildman–Crippen LogP) is 17.2. The molecule has 0 spiro atoms. The van der Waals surface area contributed by atoms with Gasteiger partial charge in [-0.25, -0.2) is 0 Å². The van der Waals surface area contributed by atoms with Crippen LogP contribution in [-0.2, 0) is 0 Å². The number of anilines is 3. The Morgan fingerprint density at radius 3 is 1.14 bits per heavy atom. The zero-order valence-corrected chi connectivity index (χ0v) is 35.1. The molecule has 1 heterocycles. The maximum absolute atomic E-state index is 2.42. The summed E-state index contributed by atoms with van der Waals surface area (Å²) in [6, 6.07) is 92.7. The van der Waals surface area contributed by atoms with E-state index in [1.54, 1.807) is 0 Å². The van der Waals surface area contributed by atoms with Gasteiger partial charge >= 0.3 is 0 Å². The first-order valence-corrected chi connectivity index (χ1v) is 22.0. The Morgan fingerprint density at radius 1 is 0.250 bits per heavy atom. The Hall–Kier alpha value is -8.46. The number of hydrogen-bond acceptors (Lipinski definition) is 1. The summed E-state index contributed by atoms with van der Waals surface area (Å²) in [4.78, 5) is 2.36. The van der Waals surface area contributed by atoms with Crippen LogP contribution in [0.5, 0.6) is 0 Å². The SMILES string of the molecule is c1ccc(-c2ccccc2-n2c3ccccc3c3ccccc32)c(-c2ccc(N(c3ccc(-c4ccc5ccccc5c4)cc3)c3ccc(-c4ccc5ccccc5c4)cc3)cc2)c1. The van der Waals surface area contributed by atoms with E-state index in [1.807, 2.05) is 0 Å². The van der Waals surface area contributed by atoms with E-state index < -0.39 is 0 Å². The average Bonchev–Trinajstić information content (AvgIpc) is 3.71. The molecule has 0 bridgehead atoms. The number of rotatable bonds is 8. The Balaban J connectivity index is 0.935. The highest BCUT2D eigenvalue weighted by Crippen LogP contribution is 2.42. The first-order valence-electron chi connectivity index (χ1n) is 22.0. The zero-order valence-electron chi connectivity index (χ0n) is 35.1. The minimum absolute atomic E-state index is 1.09. The third kappa shape index (κ3) is 6.61. The molecule has 11 aromatic carbocycles. The maximum atomic E-state index is 2.42. The number of hydrogen-bond donors (Lipinski definition) is 0. The molecule has 0 saturated carbocycles. The number of fused-ring (bicyclic) bond motifs is 5. The second-order valence-corrected chi connectivity index (χ2v) is 16.5. The Kier molecular flexibility index (Phi) is 9.20. The van der Waals surface area contributed by atoms with Crippen LogP contribution in [0.1, 0.15) is 0 Å². The largest absolute Gasteiger partial charge is 0.311 e. The van der Waals surface area contributed by atoms with Crippen LogP contribution in [0, 0.1) is 0 Å². The summed E-state index contributed by atoms with van der Waals surface area (Å²) in [5.41, 5.74) is 16.4. The summed E-state index contributed by atoms with van der Waals surface area (Å²) in [6.07, 6.45) is 0. The van der Waals surface area contributed by atoms with E-state index in [1.165, 1.54) is 82.3 Å². The van der Waals surface area contributed by atoms with Crippen LogP contribution < -0.4 is 4.90 Å². The highest BCUT2D eigenvalue weighted by Gasteiger charge is 2.19. The molecule has 300 valence electrons. The fourth-order valence-electron chi connectivity index (χ4n) is 9.63. The molecule has 0 radical (unpaired) electrons. The van der Waals surface area contributed by atoms with Crippen molar-refractivity contribution < 1.29 is 0 Å². The molecule has 0 amide bonds. The van der Waals surface area contributed by atoms with E-state index in [9.17, 15) is 0 Å². The second kappa shape index (κ2) is 15.8. The molecular weight excluding hydrogens is 773 g/mol. The minimum atomic E-state index is 1.09. The summed E-state index contributed by atoms with van der Waals surface area (Å²) in [5, 5.41) is 7.50. The van der Waals surface area contributed by atoms with Crippen LogP contribution in [0.15, 0.2) is 255 Å². The van der Waals surface area contributed by atoms with Crippen molar-refractivity contribution in [2.45, 2.75) is 0 Å². The van der Waals surface area contributed by atoms with Gasteiger partial charge in [-0.3, -0.25) is 0 Å². The molecule has 2 heteroatoms. The number of para-hydroxylation sites is 3. The van der Waals surface area contributed by atoms with Gasteiger partial charge in [0.15, 0.2) is 0 Å². The standard InChI is InChI=1S/C62H42N2/c1-3-15-48-41-50(27-25-43(48)13-1)45-29-35-52(36-30-45)63(53-37-31-46(32-38-53)51-28-26-44-14-2-4-16-49(44)42-51)54-39-33-47(34-40-54)55-17-5-6-18-56(55)57-19-7-10-22-60(57)64-61-23-11-8-20-58(61)59-21-9-12-24-62(59)64/h1-42H. The lowest BCUT2D eigenvalue weighted by Gasteiger charge is -2.26. The van der Waals surface area contributed by atoms with Crippen molar-refractivity contribution in [2.24, 2.45) is 0 Å². The minimum Gasteiger partial charge on any atom is -0.311 e. The first-order chi connectivity index (χ1) is 31.7. The molecule has 0 unspecified atom stereocenters. The molecule has 64 heavy (non-hydrogen) atoms. The average molecular weight is 815 g/mol. The molecule has 0 N–H and O–H groups in total. The molecule has 0 fully saturated rings. The lowest BCUT2D eigenvalue weighted by atomic mass is 9.93. The fraction of sp³-hybridized carbons (Fsp3) is 0. The van der Waals surface area contributed by atoms with Gasteiger partial charge in [-0.1, -0.05) is 188 Å². The van der Waals surface area contributed by atoms with E-state index >= 15 is 0 Å². The van der Waals surface area contributed by atoms with Gasteiger partial charge in [0.05, 0.1) is 16.7 Å². The third-order valence-electron chi connectivity index (χ3n) is 12.8. The summed E-state index contributed by atoms with van der Waals surface area (Å²) in [5.74, 6) is 0. The van der Waals surface area contributed by atoms with Gasteiger partial charge < -0.3 is 9.47 Å². The molecule has 1 aromatic heterocycles. The molecule has 12 rings (SSSR count). The van der Waals surface area contributed by atoms with Crippen molar-refractivity contribution in [3.8, 4) is 50.2 Å². The van der Waals surface area contributed by atoms with Gasteiger partial charge in [-0.05, 0) is 127 Å². The van der Waals surface area contributed by atoms with Gasteiger partial charge in [0, 0.05) is 33.4 Å². The van der Waals surface area contributed by atoms with Crippen LogP contribution in [0.4, 0.5) is 17.1 Å². The summed E-state index contributed by atoms with van der Waals surface area (Å²) >= 11 is 0. The maximum Gasteiger partial charge on any atom is 0.0541 e. The van der Waals surface area contributed by atoms with Gasteiger partial charge in [0.25, 0.3) is 0 Å². The molecule has 0 saturated heterocycles. The zero-order chi connectivity index (χ0) is 42.4. The highest BCUT2D eigenvalue weighted by molar-refractivity contribution is 6.10. The molecule has 0 aliphatic rings. The van der Waals surface area contributed by atoms with Gasteiger partial charge in [0.1, 0.15) is 0 Å². The lowest BCUT2D eigenvalue weighted by molar-refractivity contribution is 1.18. The molecule has 0 aliphatic carbocycles. The fourth-order valence-corrected chi connectivity index (χ4v) is 9.63. The van der Waals surface area contributed by atoms with Crippen LogP contribution in [0.25, 0.3) is 93.5 Å². The van der Waals surface area contributed by atoms with Gasteiger partial charge in [-0.15, -0.1) is 0 Å². The molecule has 12 aromatic rings. The molecule has 2 nitrogen and oxygen atoms in total. The van der Waals surface area contributed by atoms with E-state index in [4.69, 9.17) is 0 Å². The predicted molar refractivity (Wildman–Crippen MR) is 272 cm³/mol. The Morgan fingerprint density at radius 2 is 0.625 bits per heavy atom. The number of aromatic nitrogens is 1. The lowest BCUT2D eigenvalue weighted by Crippen LogP contribution is -2.09. The Bertz CT molecular complexity index is 3480. The Labute approximate surface area is 373 Å². The van der Waals surface area contributed by atoms with Crippen molar-refractivity contribution in [1.82, 2.24) is 4.57 Å². The second-order valence-electron chi connectivity index (χ2n) is 16.5. The topological polar surface area (TPSA) is 8.17 Å². The monoisotopic (exact) mass is 814 g/mol. The van der Waals surface area contributed by atoms with Crippen LogP contribution in [-0.4, -0.2) is 4.57 Å². The summed E-state index contributed by atoms with van der Waals surface area (Å²) in [7, 11) is 0. The molecule has 0 atom stereocenters. The summed E-state index contributed by atoms with van der Waals surface area (Å²) < 4.78 is 2.42. The van der Waals surface area contributed by atoms with Crippen LogP contribution in [0.2, 0.25) is 0 Å². The van der Waals surface area contributed by atoms with E-state index in [-0.39, 0.29) is 0 Å². The van der Waals surface area contributed by atoms with Crippen molar-refractivity contribution in [3.63, 3.8) is 0 Å². The van der Waals surface area contributed by atoms with Crippen molar-refractivity contribution in [2.75, 3.05) is 4.90 Å². The van der Waals surface area contributed by atoms with Crippen molar-refractivity contribution in [3.05, 3.63) is 255 Å². The van der Waals surface area contributed by atoms with Crippen LogP contribution >= 0.6 is 0 Å². The quantitative estimate of drug-likeness (QED) is 0.148. The van der Waals surface area contributed by atoms with Crippen LogP contribution in [0.3, 0.4) is 0 Å². The molecular formula is C62H42N2. The van der Waals surface area contributed by atoms with E-state index in [0.717, 1.165) is 28.3 Å². The highest BCUT2D eigenvalue weighted by atomic mass is 15.1. The van der Waals surface area contributed by atoms with Crippen molar-refractivity contribution in [1.29, 1.82) is 0 Å². The van der Waals surface area contributed by atoms with Gasteiger partial charge in [0.2, 0.25) is 0 Å². The number of benzene rings is 11. The van der Waals surface area contributed by atoms with Gasteiger partial charge in [-0.2, -0.15) is 0 Å². The molecule has 0 aliphatic heterocycles. The normalized spacial score (nSPS) is 11.4. The first kappa shape index (κ1) is 37.3. The van der Waals surface area contributed by atoms with E-state index in [0.29, 0.717) is 0 Å².